The van der Waals surface area contributed by atoms with Crippen molar-refractivity contribution in [3.63, 3.8) is 0 Å². The van der Waals surface area contributed by atoms with Crippen LogP contribution < -0.4 is 0 Å². The minimum absolute atomic E-state index is 0.0304. The monoisotopic (exact) mass is 279 g/mol. The van der Waals surface area contributed by atoms with Gasteiger partial charge in [-0.1, -0.05) is 65.9 Å². The van der Waals surface area contributed by atoms with Crippen molar-refractivity contribution in [2.75, 3.05) is 0 Å². The standard InChI is InChI=1S/C16H13N3O2/c20-16(21)14-15(13-9-5-2-6-10-13)19(18-17-14)11-12-7-3-1-4-8-12/h1-10H,11H2,(H,20,21). The average Bonchev–Trinajstić information content (AvgIpc) is 2.93. The first kappa shape index (κ1) is 13.1. The van der Waals surface area contributed by atoms with Crippen molar-refractivity contribution >= 4 is 5.97 Å². The van der Waals surface area contributed by atoms with Crippen molar-refractivity contribution in [1.82, 2.24) is 15.0 Å². The van der Waals surface area contributed by atoms with Gasteiger partial charge in [0.2, 0.25) is 0 Å². The number of nitrogens with zero attached hydrogens (tertiary/aromatic N) is 3. The summed E-state index contributed by atoms with van der Waals surface area (Å²) in [6.07, 6.45) is 0. The van der Waals surface area contributed by atoms with E-state index in [1.807, 2.05) is 60.7 Å². The Morgan fingerprint density at radius 1 is 1.00 bits per heavy atom. The van der Waals surface area contributed by atoms with Gasteiger partial charge in [-0.15, -0.1) is 5.10 Å². The van der Waals surface area contributed by atoms with Crippen LogP contribution >= 0.6 is 0 Å². The molecule has 0 radical (unpaired) electrons. The first-order valence-corrected chi connectivity index (χ1v) is 6.52. The van der Waals surface area contributed by atoms with E-state index in [-0.39, 0.29) is 5.69 Å². The van der Waals surface area contributed by atoms with E-state index in [9.17, 15) is 9.90 Å². The molecule has 0 aliphatic heterocycles. The van der Waals surface area contributed by atoms with Gasteiger partial charge in [-0.3, -0.25) is 0 Å². The second kappa shape index (κ2) is 5.58. The highest BCUT2D eigenvalue weighted by Gasteiger charge is 2.20. The predicted molar refractivity (Wildman–Crippen MR) is 78.0 cm³/mol. The molecule has 3 rings (SSSR count). The van der Waals surface area contributed by atoms with E-state index < -0.39 is 5.97 Å². The lowest BCUT2D eigenvalue weighted by atomic mass is 10.1. The number of rotatable bonds is 4. The Balaban J connectivity index is 2.07. The van der Waals surface area contributed by atoms with Gasteiger partial charge in [0.15, 0.2) is 5.69 Å². The fraction of sp³-hybridized carbons (Fsp3) is 0.0625. The molecule has 2 aromatic carbocycles. The summed E-state index contributed by atoms with van der Waals surface area (Å²) in [5.41, 5.74) is 2.32. The molecule has 0 fully saturated rings. The van der Waals surface area contributed by atoms with Crippen LogP contribution in [0.2, 0.25) is 0 Å². The Morgan fingerprint density at radius 3 is 2.24 bits per heavy atom. The molecule has 0 spiro atoms. The van der Waals surface area contributed by atoms with Crippen LogP contribution in [0.25, 0.3) is 11.3 Å². The van der Waals surface area contributed by atoms with E-state index in [0.29, 0.717) is 12.2 Å². The maximum Gasteiger partial charge on any atom is 0.358 e. The minimum Gasteiger partial charge on any atom is -0.476 e. The number of aromatic nitrogens is 3. The lowest BCUT2D eigenvalue weighted by molar-refractivity contribution is 0.0691. The minimum atomic E-state index is -1.08. The topological polar surface area (TPSA) is 68.0 Å². The Labute approximate surface area is 121 Å². The molecule has 0 saturated heterocycles. The third kappa shape index (κ3) is 2.67. The zero-order valence-electron chi connectivity index (χ0n) is 11.2. The van der Waals surface area contributed by atoms with Crippen molar-refractivity contribution in [3.05, 3.63) is 71.9 Å². The highest BCUT2D eigenvalue weighted by molar-refractivity contribution is 5.92. The summed E-state index contributed by atoms with van der Waals surface area (Å²) in [5.74, 6) is -1.08. The van der Waals surface area contributed by atoms with Crippen molar-refractivity contribution in [1.29, 1.82) is 0 Å². The number of carbonyl (C=O) groups is 1. The normalized spacial score (nSPS) is 10.5. The summed E-state index contributed by atoms with van der Waals surface area (Å²) in [6, 6.07) is 19.1. The first-order valence-electron chi connectivity index (χ1n) is 6.52. The SMILES string of the molecule is O=C(O)c1nnn(Cc2ccccc2)c1-c1ccccc1. The summed E-state index contributed by atoms with van der Waals surface area (Å²) in [4.78, 5) is 11.3. The van der Waals surface area contributed by atoms with Crippen LogP contribution in [0.4, 0.5) is 0 Å². The third-order valence-electron chi connectivity index (χ3n) is 3.16. The van der Waals surface area contributed by atoms with Gasteiger partial charge in [0.05, 0.1) is 6.54 Å². The second-order valence-electron chi connectivity index (χ2n) is 4.60. The highest BCUT2D eigenvalue weighted by atomic mass is 16.4. The lowest BCUT2D eigenvalue weighted by Crippen LogP contribution is -2.06. The number of hydrogen-bond acceptors (Lipinski definition) is 3. The van der Waals surface area contributed by atoms with Crippen LogP contribution in [-0.2, 0) is 6.54 Å². The summed E-state index contributed by atoms with van der Waals surface area (Å²) in [6.45, 7) is 0.478. The molecule has 0 bridgehead atoms. The van der Waals surface area contributed by atoms with Gasteiger partial charge in [-0.25, -0.2) is 9.48 Å². The van der Waals surface area contributed by atoms with Gasteiger partial charge < -0.3 is 5.11 Å². The molecule has 21 heavy (non-hydrogen) atoms. The molecular weight excluding hydrogens is 266 g/mol. The smallest absolute Gasteiger partial charge is 0.358 e. The van der Waals surface area contributed by atoms with E-state index in [1.54, 1.807) is 4.68 Å². The van der Waals surface area contributed by atoms with Crippen LogP contribution in [-0.4, -0.2) is 26.1 Å². The summed E-state index contributed by atoms with van der Waals surface area (Å²) >= 11 is 0. The maximum absolute atomic E-state index is 11.3. The van der Waals surface area contributed by atoms with E-state index in [4.69, 9.17) is 0 Å². The molecule has 0 atom stereocenters. The first-order chi connectivity index (χ1) is 10.3. The molecule has 1 heterocycles. The van der Waals surface area contributed by atoms with Crippen LogP contribution in [0.3, 0.4) is 0 Å². The van der Waals surface area contributed by atoms with Crippen LogP contribution in [0.5, 0.6) is 0 Å². The number of aromatic carboxylic acids is 1. The largest absolute Gasteiger partial charge is 0.476 e. The molecule has 3 aromatic rings. The Kier molecular flexibility index (Phi) is 3.47. The van der Waals surface area contributed by atoms with Gasteiger partial charge in [0.1, 0.15) is 5.69 Å². The van der Waals surface area contributed by atoms with Crippen molar-refractivity contribution in [3.8, 4) is 11.3 Å². The van der Waals surface area contributed by atoms with E-state index in [2.05, 4.69) is 10.3 Å². The predicted octanol–water partition coefficient (Wildman–Crippen LogP) is 2.69. The fourth-order valence-electron chi connectivity index (χ4n) is 2.21. The Morgan fingerprint density at radius 2 is 1.62 bits per heavy atom. The second-order valence-corrected chi connectivity index (χ2v) is 4.60. The molecule has 5 nitrogen and oxygen atoms in total. The highest BCUT2D eigenvalue weighted by Crippen LogP contribution is 2.22. The molecule has 0 saturated carbocycles. The fourth-order valence-corrected chi connectivity index (χ4v) is 2.21. The van der Waals surface area contributed by atoms with E-state index >= 15 is 0 Å². The van der Waals surface area contributed by atoms with Gasteiger partial charge in [-0.05, 0) is 5.56 Å². The summed E-state index contributed by atoms with van der Waals surface area (Å²) in [7, 11) is 0. The summed E-state index contributed by atoms with van der Waals surface area (Å²) in [5, 5.41) is 17.1. The van der Waals surface area contributed by atoms with E-state index in [1.165, 1.54) is 0 Å². The molecule has 0 aliphatic rings. The molecule has 0 amide bonds. The molecule has 0 aliphatic carbocycles. The molecular formula is C16H13N3O2. The van der Waals surface area contributed by atoms with Crippen LogP contribution in [0.1, 0.15) is 16.1 Å². The molecule has 1 N–H and O–H groups in total. The molecule has 5 heteroatoms. The van der Waals surface area contributed by atoms with Gasteiger partial charge in [0, 0.05) is 5.56 Å². The quantitative estimate of drug-likeness (QED) is 0.797. The molecule has 0 unspecified atom stereocenters. The zero-order valence-corrected chi connectivity index (χ0v) is 11.2. The van der Waals surface area contributed by atoms with Crippen molar-refractivity contribution < 1.29 is 9.90 Å². The number of carboxylic acids is 1. The molecule has 1 aromatic heterocycles. The Hall–Kier alpha value is -2.95. The third-order valence-corrected chi connectivity index (χ3v) is 3.16. The maximum atomic E-state index is 11.3. The molecule has 104 valence electrons. The van der Waals surface area contributed by atoms with Gasteiger partial charge in [0.25, 0.3) is 0 Å². The Bertz CT molecular complexity index is 752. The van der Waals surface area contributed by atoms with Crippen molar-refractivity contribution in [2.45, 2.75) is 6.54 Å². The van der Waals surface area contributed by atoms with Gasteiger partial charge >= 0.3 is 5.97 Å². The van der Waals surface area contributed by atoms with Crippen LogP contribution in [0, 0.1) is 0 Å². The van der Waals surface area contributed by atoms with Crippen molar-refractivity contribution in [2.24, 2.45) is 0 Å². The summed E-state index contributed by atoms with van der Waals surface area (Å²) < 4.78 is 1.62. The zero-order chi connectivity index (χ0) is 14.7. The van der Waals surface area contributed by atoms with Crippen LogP contribution in [0.15, 0.2) is 60.7 Å². The van der Waals surface area contributed by atoms with Gasteiger partial charge in [-0.2, -0.15) is 0 Å². The lowest BCUT2D eigenvalue weighted by Gasteiger charge is -2.07. The number of carboxylic acid groups (broad SMARTS) is 1. The number of benzene rings is 2. The number of hydrogen-bond donors (Lipinski definition) is 1. The average molecular weight is 279 g/mol. The van der Waals surface area contributed by atoms with E-state index in [0.717, 1.165) is 11.1 Å².